The summed E-state index contributed by atoms with van der Waals surface area (Å²) in [6, 6.07) is 8.37. The summed E-state index contributed by atoms with van der Waals surface area (Å²) in [6.45, 7) is 0. The highest BCUT2D eigenvalue weighted by Crippen LogP contribution is 2.40. The summed E-state index contributed by atoms with van der Waals surface area (Å²) in [5, 5.41) is 0. The minimum atomic E-state index is 0.824. The lowest BCUT2D eigenvalue weighted by molar-refractivity contribution is 0.414. The van der Waals surface area contributed by atoms with Gasteiger partial charge in [0.25, 0.3) is 0 Å². The van der Waals surface area contributed by atoms with Gasteiger partial charge in [-0.2, -0.15) is 0 Å². The van der Waals surface area contributed by atoms with Gasteiger partial charge in [0, 0.05) is 0 Å². The van der Waals surface area contributed by atoms with E-state index in [4.69, 9.17) is 4.74 Å². The second kappa shape index (κ2) is 2.57. The van der Waals surface area contributed by atoms with Gasteiger partial charge in [0.2, 0.25) is 0 Å². The van der Waals surface area contributed by atoms with Gasteiger partial charge in [0.15, 0.2) is 0 Å². The van der Waals surface area contributed by atoms with Crippen molar-refractivity contribution in [1.29, 1.82) is 0 Å². The van der Waals surface area contributed by atoms with Gasteiger partial charge in [-0.25, -0.2) is 0 Å². The van der Waals surface area contributed by atoms with Gasteiger partial charge in [-0.15, -0.1) is 0 Å². The molecule has 58 valence electrons. The van der Waals surface area contributed by atoms with Gasteiger partial charge in [-0.1, -0.05) is 12.1 Å². The molecule has 1 aromatic rings. The fourth-order valence-electron chi connectivity index (χ4n) is 1.31. The topological polar surface area (TPSA) is 9.23 Å². The van der Waals surface area contributed by atoms with Crippen LogP contribution >= 0.6 is 0 Å². The van der Waals surface area contributed by atoms with Crippen molar-refractivity contribution >= 4 is 0 Å². The van der Waals surface area contributed by atoms with E-state index in [1.54, 1.807) is 7.11 Å². The van der Waals surface area contributed by atoms with Crippen molar-refractivity contribution in [3.05, 3.63) is 29.8 Å². The zero-order valence-electron chi connectivity index (χ0n) is 6.71. The van der Waals surface area contributed by atoms with Crippen LogP contribution in [0, 0.1) is 0 Å². The van der Waals surface area contributed by atoms with Crippen molar-refractivity contribution in [2.24, 2.45) is 0 Å². The Bertz CT molecular complexity index is 251. The highest BCUT2D eigenvalue weighted by molar-refractivity contribution is 5.32. The SMILES string of the molecule is COc1cccc(C2CC2)c1. The van der Waals surface area contributed by atoms with E-state index in [0.29, 0.717) is 0 Å². The molecule has 1 heteroatoms. The molecule has 0 aliphatic heterocycles. The van der Waals surface area contributed by atoms with Crippen LogP contribution in [-0.2, 0) is 0 Å². The molecule has 1 aliphatic carbocycles. The molecule has 0 N–H and O–H groups in total. The predicted molar refractivity (Wildman–Crippen MR) is 45.0 cm³/mol. The molecule has 1 aliphatic rings. The molecule has 0 amide bonds. The molecule has 0 unspecified atom stereocenters. The Morgan fingerprint density at radius 3 is 2.82 bits per heavy atom. The van der Waals surface area contributed by atoms with Crippen LogP contribution in [0.25, 0.3) is 0 Å². The number of benzene rings is 1. The quantitative estimate of drug-likeness (QED) is 0.626. The predicted octanol–water partition coefficient (Wildman–Crippen LogP) is 2.57. The highest BCUT2D eigenvalue weighted by atomic mass is 16.5. The average molecular weight is 148 g/mol. The Kier molecular flexibility index (Phi) is 1.57. The van der Waals surface area contributed by atoms with Gasteiger partial charge in [-0.3, -0.25) is 0 Å². The van der Waals surface area contributed by atoms with Crippen molar-refractivity contribution in [2.45, 2.75) is 18.8 Å². The second-order valence-corrected chi connectivity index (χ2v) is 3.05. The third kappa shape index (κ3) is 1.37. The molecule has 1 aromatic carbocycles. The molecular formula is C10H12O. The summed E-state index contributed by atoms with van der Waals surface area (Å²) in [5.74, 6) is 1.81. The largest absolute Gasteiger partial charge is 0.497 e. The first-order valence-electron chi connectivity index (χ1n) is 4.04. The molecule has 0 heterocycles. The maximum atomic E-state index is 5.13. The number of hydrogen-bond acceptors (Lipinski definition) is 1. The fraction of sp³-hybridized carbons (Fsp3) is 0.400. The second-order valence-electron chi connectivity index (χ2n) is 3.05. The van der Waals surface area contributed by atoms with Gasteiger partial charge < -0.3 is 4.74 Å². The molecule has 1 nitrogen and oxygen atoms in total. The molecule has 2 rings (SSSR count). The molecule has 0 atom stereocenters. The van der Waals surface area contributed by atoms with Crippen molar-refractivity contribution in [3.8, 4) is 5.75 Å². The molecule has 0 spiro atoms. The van der Waals surface area contributed by atoms with Crippen LogP contribution < -0.4 is 4.74 Å². The van der Waals surface area contributed by atoms with E-state index in [2.05, 4.69) is 18.2 Å². The van der Waals surface area contributed by atoms with Crippen molar-refractivity contribution in [2.75, 3.05) is 7.11 Å². The molecule has 11 heavy (non-hydrogen) atoms. The van der Waals surface area contributed by atoms with Gasteiger partial charge >= 0.3 is 0 Å². The summed E-state index contributed by atoms with van der Waals surface area (Å²) in [6.07, 6.45) is 2.71. The Morgan fingerprint density at radius 2 is 2.18 bits per heavy atom. The molecule has 1 fully saturated rings. The van der Waals surface area contributed by atoms with Gasteiger partial charge in [0.05, 0.1) is 7.11 Å². The molecule has 0 radical (unpaired) electrons. The van der Waals surface area contributed by atoms with Crippen molar-refractivity contribution < 1.29 is 4.74 Å². The van der Waals surface area contributed by atoms with E-state index < -0.39 is 0 Å². The Hall–Kier alpha value is -0.980. The number of ether oxygens (including phenoxy) is 1. The summed E-state index contributed by atoms with van der Waals surface area (Å²) in [7, 11) is 1.71. The first-order chi connectivity index (χ1) is 5.40. The summed E-state index contributed by atoms with van der Waals surface area (Å²) in [4.78, 5) is 0. The zero-order valence-corrected chi connectivity index (χ0v) is 6.71. The monoisotopic (exact) mass is 148 g/mol. The Labute approximate surface area is 67.0 Å². The van der Waals surface area contributed by atoms with Crippen LogP contribution in [0.3, 0.4) is 0 Å². The van der Waals surface area contributed by atoms with Crippen molar-refractivity contribution in [3.63, 3.8) is 0 Å². The Morgan fingerprint density at radius 1 is 1.36 bits per heavy atom. The summed E-state index contributed by atoms with van der Waals surface area (Å²) < 4.78 is 5.13. The van der Waals surface area contributed by atoms with Crippen LogP contribution in [0.15, 0.2) is 24.3 Å². The van der Waals surface area contributed by atoms with E-state index in [1.807, 2.05) is 6.07 Å². The van der Waals surface area contributed by atoms with E-state index in [-0.39, 0.29) is 0 Å². The minimum absolute atomic E-state index is 0.824. The number of hydrogen-bond donors (Lipinski definition) is 0. The van der Waals surface area contributed by atoms with Crippen LogP contribution in [0.2, 0.25) is 0 Å². The Balaban J connectivity index is 2.26. The van der Waals surface area contributed by atoms with Crippen LogP contribution in [0.4, 0.5) is 0 Å². The normalized spacial score (nSPS) is 16.5. The lowest BCUT2D eigenvalue weighted by Crippen LogP contribution is -1.84. The summed E-state index contributed by atoms with van der Waals surface area (Å²) >= 11 is 0. The molecular weight excluding hydrogens is 136 g/mol. The average Bonchev–Trinajstić information content (AvgIpc) is 2.87. The number of rotatable bonds is 2. The smallest absolute Gasteiger partial charge is 0.119 e. The fourth-order valence-corrected chi connectivity index (χ4v) is 1.31. The molecule has 0 aromatic heterocycles. The molecule has 0 saturated heterocycles. The maximum Gasteiger partial charge on any atom is 0.119 e. The third-order valence-electron chi connectivity index (χ3n) is 2.14. The lowest BCUT2D eigenvalue weighted by atomic mass is 10.1. The van der Waals surface area contributed by atoms with Gasteiger partial charge in [-0.05, 0) is 36.5 Å². The van der Waals surface area contributed by atoms with E-state index >= 15 is 0 Å². The van der Waals surface area contributed by atoms with E-state index in [1.165, 1.54) is 18.4 Å². The number of methoxy groups -OCH3 is 1. The molecule has 0 bridgehead atoms. The van der Waals surface area contributed by atoms with Crippen LogP contribution in [-0.4, -0.2) is 7.11 Å². The first-order valence-corrected chi connectivity index (χ1v) is 4.04. The standard InChI is InChI=1S/C10H12O/c1-11-10-4-2-3-9(7-10)8-5-6-8/h2-4,7-8H,5-6H2,1H3. The minimum Gasteiger partial charge on any atom is -0.497 e. The third-order valence-corrected chi connectivity index (χ3v) is 2.14. The zero-order chi connectivity index (χ0) is 7.68. The van der Waals surface area contributed by atoms with E-state index in [9.17, 15) is 0 Å². The first kappa shape index (κ1) is 6.71. The van der Waals surface area contributed by atoms with E-state index in [0.717, 1.165) is 11.7 Å². The van der Waals surface area contributed by atoms with Crippen molar-refractivity contribution in [1.82, 2.24) is 0 Å². The lowest BCUT2D eigenvalue weighted by Gasteiger charge is -2.01. The summed E-state index contributed by atoms with van der Waals surface area (Å²) in [5.41, 5.74) is 1.43. The highest BCUT2D eigenvalue weighted by Gasteiger charge is 2.23. The maximum absolute atomic E-state index is 5.13. The van der Waals surface area contributed by atoms with Crippen LogP contribution in [0.5, 0.6) is 5.75 Å². The van der Waals surface area contributed by atoms with Gasteiger partial charge in [0.1, 0.15) is 5.75 Å². The molecule has 1 saturated carbocycles. The van der Waals surface area contributed by atoms with Crippen LogP contribution in [0.1, 0.15) is 24.3 Å².